The number of amides is 1. The van der Waals surface area contributed by atoms with Crippen molar-refractivity contribution in [1.82, 2.24) is 9.71 Å². The van der Waals surface area contributed by atoms with Gasteiger partial charge in [-0.3, -0.25) is 4.79 Å². The van der Waals surface area contributed by atoms with E-state index in [1.54, 1.807) is 12.1 Å². The van der Waals surface area contributed by atoms with Crippen molar-refractivity contribution >= 4 is 32.5 Å². The van der Waals surface area contributed by atoms with Crippen molar-refractivity contribution in [3.05, 3.63) is 59.3 Å². The number of sulfonamides is 1. The monoisotopic (exact) mass is 397 g/mol. The average molecular weight is 398 g/mol. The number of carbonyl (C=O) groups excluding carboxylic acids is 1. The fraction of sp³-hybridized carbons (Fsp3) is 0.286. The van der Waals surface area contributed by atoms with E-state index in [0.29, 0.717) is 11.3 Å². The van der Waals surface area contributed by atoms with Gasteiger partial charge < -0.3 is 10.3 Å². The highest BCUT2D eigenvalue weighted by Crippen LogP contribution is 2.33. The molecule has 0 unspecified atom stereocenters. The lowest BCUT2D eigenvalue weighted by Gasteiger charge is -2.26. The lowest BCUT2D eigenvalue weighted by molar-refractivity contribution is -0.115. The maximum absolute atomic E-state index is 12.9. The van der Waals surface area contributed by atoms with E-state index in [0.717, 1.165) is 22.2 Å². The van der Waals surface area contributed by atoms with E-state index < -0.39 is 15.4 Å². The van der Waals surface area contributed by atoms with Crippen LogP contribution in [-0.4, -0.2) is 25.9 Å². The molecule has 6 nitrogen and oxygen atoms in total. The first-order valence-corrected chi connectivity index (χ1v) is 10.7. The molecule has 2 heterocycles. The molecule has 1 aliphatic heterocycles. The summed E-state index contributed by atoms with van der Waals surface area (Å²) in [5.74, 6) is -0.117. The zero-order valence-electron chi connectivity index (χ0n) is 16.1. The van der Waals surface area contributed by atoms with Crippen molar-refractivity contribution in [1.29, 1.82) is 0 Å². The highest BCUT2D eigenvalue weighted by Gasteiger charge is 2.29. The minimum Gasteiger partial charge on any atom is -0.358 e. The fourth-order valence-electron chi connectivity index (χ4n) is 3.97. The molecular formula is C21H23N3O3S. The number of fused-ring (bicyclic) bond motifs is 2. The molecule has 1 aromatic heterocycles. The molecule has 2 aromatic carbocycles. The summed E-state index contributed by atoms with van der Waals surface area (Å²) in [6, 6.07) is 12.8. The van der Waals surface area contributed by atoms with Crippen molar-refractivity contribution in [2.45, 2.75) is 37.5 Å². The molecule has 1 amide bonds. The van der Waals surface area contributed by atoms with E-state index in [4.69, 9.17) is 0 Å². The van der Waals surface area contributed by atoms with E-state index in [-0.39, 0.29) is 23.8 Å². The number of nitrogens with one attached hydrogen (secondary N) is 3. The fourth-order valence-corrected chi connectivity index (χ4v) is 5.23. The number of aryl methyl sites for hydroxylation is 1. The standard InChI is InChI=1S/C21H23N3O3S/c1-13-20(16-6-4-5-7-18(16)23-13)21(2,3)12-22-28(26,27)15-8-9-17-14(10-15)11-19(25)24-17/h4-10,22-23H,11-12H2,1-3H3,(H,24,25). The maximum atomic E-state index is 12.9. The van der Waals surface area contributed by atoms with Gasteiger partial charge in [0, 0.05) is 34.2 Å². The molecule has 0 saturated carbocycles. The van der Waals surface area contributed by atoms with Gasteiger partial charge in [-0.2, -0.15) is 0 Å². The van der Waals surface area contributed by atoms with Gasteiger partial charge in [0.2, 0.25) is 15.9 Å². The second-order valence-electron chi connectivity index (χ2n) is 7.92. The van der Waals surface area contributed by atoms with E-state index in [1.165, 1.54) is 6.07 Å². The Morgan fingerprint density at radius 3 is 2.68 bits per heavy atom. The van der Waals surface area contributed by atoms with Crippen molar-refractivity contribution in [3.63, 3.8) is 0 Å². The predicted molar refractivity (Wildman–Crippen MR) is 110 cm³/mol. The van der Waals surface area contributed by atoms with Crippen molar-refractivity contribution in [2.75, 3.05) is 11.9 Å². The lowest BCUT2D eigenvalue weighted by atomic mass is 9.83. The Kier molecular flexibility index (Phi) is 4.32. The van der Waals surface area contributed by atoms with Crippen molar-refractivity contribution in [2.24, 2.45) is 0 Å². The van der Waals surface area contributed by atoms with E-state index in [2.05, 4.69) is 21.1 Å². The van der Waals surface area contributed by atoms with Gasteiger partial charge in [-0.05, 0) is 42.3 Å². The molecule has 0 aliphatic carbocycles. The van der Waals surface area contributed by atoms with Gasteiger partial charge in [0.1, 0.15) is 0 Å². The summed E-state index contributed by atoms with van der Waals surface area (Å²) in [4.78, 5) is 15.1. The van der Waals surface area contributed by atoms with Crippen LogP contribution in [-0.2, 0) is 26.7 Å². The summed E-state index contributed by atoms with van der Waals surface area (Å²) in [5, 5.41) is 3.82. The van der Waals surface area contributed by atoms with Crippen LogP contribution in [0.1, 0.15) is 30.7 Å². The summed E-state index contributed by atoms with van der Waals surface area (Å²) < 4.78 is 28.5. The number of para-hydroxylation sites is 1. The molecule has 7 heteroatoms. The average Bonchev–Trinajstić information content (AvgIpc) is 3.17. The first-order valence-electron chi connectivity index (χ1n) is 9.18. The summed E-state index contributed by atoms with van der Waals surface area (Å²) in [7, 11) is -3.69. The molecule has 28 heavy (non-hydrogen) atoms. The highest BCUT2D eigenvalue weighted by molar-refractivity contribution is 7.89. The Morgan fingerprint density at radius 1 is 1.14 bits per heavy atom. The number of aromatic amines is 1. The molecule has 0 atom stereocenters. The first kappa shape index (κ1) is 18.7. The van der Waals surface area contributed by atoms with Crippen LogP contribution in [0.3, 0.4) is 0 Å². The van der Waals surface area contributed by atoms with E-state index >= 15 is 0 Å². The number of hydrogen-bond acceptors (Lipinski definition) is 3. The van der Waals surface area contributed by atoms with Crippen LogP contribution in [0.25, 0.3) is 10.9 Å². The topological polar surface area (TPSA) is 91.1 Å². The third kappa shape index (κ3) is 3.21. The Hall–Kier alpha value is -2.64. The quantitative estimate of drug-likeness (QED) is 0.617. The van der Waals surface area contributed by atoms with Gasteiger partial charge >= 0.3 is 0 Å². The van der Waals surface area contributed by atoms with Crippen LogP contribution < -0.4 is 10.0 Å². The minimum atomic E-state index is -3.69. The number of benzene rings is 2. The zero-order valence-corrected chi connectivity index (χ0v) is 16.9. The molecule has 0 spiro atoms. The van der Waals surface area contributed by atoms with Crippen LogP contribution >= 0.6 is 0 Å². The largest absolute Gasteiger partial charge is 0.358 e. The maximum Gasteiger partial charge on any atom is 0.240 e. The van der Waals surface area contributed by atoms with Gasteiger partial charge in [-0.15, -0.1) is 0 Å². The number of rotatable bonds is 5. The lowest BCUT2D eigenvalue weighted by Crippen LogP contribution is -2.37. The normalized spacial score (nSPS) is 14.3. The van der Waals surface area contributed by atoms with Crippen LogP contribution in [0.5, 0.6) is 0 Å². The smallest absolute Gasteiger partial charge is 0.240 e. The summed E-state index contributed by atoms with van der Waals surface area (Å²) in [6.45, 7) is 6.33. The predicted octanol–water partition coefficient (Wildman–Crippen LogP) is 3.23. The highest BCUT2D eigenvalue weighted by atomic mass is 32.2. The molecule has 4 rings (SSSR count). The Labute approximate surface area is 164 Å². The molecule has 0 radical (unpaired) electrons. The zero-order chi connectivity index (χ0) is 20.1. The van der Waals surface area contributed by atoms with Gasteiger partial charge in [0.05, 0.1) is 11.3 Å². The second-order valence-corrected chi connectivity index (χ2v) is 9.69. The van der Waals surface area contributed by atoms with Gasteiger partial charge in [-0.1, -0.05) is 32.0 Å². The van der Waals surface area contributed by atoms with E-state index in [9.17, 15) is 13.2 Å². The number of hydrogen-bond donors (Lipinski definition) is 3. The Bertz CT molecular complexity index is 1190. The third-order valence-corrected chi connectivity index (χ3v) is 6.69. The Balaban J connectivity index is 1.60. The van der Waals surface area contributed by atoms with Gasteiger partial charge in [0.25, 0.3) is 0 Å². The van der Waals surface area contributed by atoms with Gasteiger partial charge in [-0.25, -0.2) is 13.1 Å². The number of aromatic nitrogens is 1. The van der Waals surface area contributed by atoms with Crippen molar-refractivity contribution in [3.8, 4) is 0 Å². The number of H-pyrrole nitrogens is 1. The Morgan fingerprint density at radius 2 is 1.89 bits per heavy atom. The SMILES string of the molecule is Cc1[nH]c2ccccc2c1C(C)(C)CNS(=O)(=O)c1ccc2c(c1)CC(=O)N2. The molecule has 146 valence electrons. The summed E-state index contributed by atoms with van der Waals surface area (Å²) in [6.07, 6.45) is 0.207. The molecule has 0 fully saturated rings. The molecule has 0 bridgehead atoms. The van der Waals surface area contributed by atoms with Crippen LogP contribution in [0.15, 0.2) is 47.4 Å². The molecule has 1 aliphatic rings. The minimum absolute atomic E-state index is 0.117. The van der Waals surface area contributed by atoms with E-state index in [1.807, 2.05) is 39.0 Å². The molecule has 3 N–H and O–H groups in total. The second kappa shape index (κ2) is 6.46. The summed E-state index contributed by atoms with van der Waals surface area (Å²) in [5.41, 5.74) is 4.16. The summed E-state index contributed by atoms with van der Waals surface area (Å²) >= 11 is 0. The van der Waals surface area contributed by atoms with Crippen molar-refractivity contribution < 1.29 is 13.2 Å². The number of anilines is 1. The molecule has 0 saturated heterocycles. The van der Waals surface area contributed by atoms with Crippen LogP contribution in [0.2, 0.25) is 0 Å². The van der Waals surface area contributed by atoms with Gasteiger partial charge in [0.15, 0.2) is 0 Å². The van der Waals surface area contributed by atoms with Crippen LogP contribution in [0, 0.1) is 6.92 Å². The third-order valence-electron chi connectivity index (χ3n) is 5.29. The molecule has 3 aromatic rings. The number of carbonyl (C=O) groups is 1. The van der Waals surface area contributed by atoms with Crippen LogP contribution in [0.4, 0.5) is 5.69 Å². The first-order chi connectivity index (χ1) is 13.2. The molecular weight excluding hydrogens is 374 g/mol.